The van der Waals surface area contributed by atoms with Gasteiger partial charge in [0.1, 0.15) is 6.04 Å². The third kappa shape index (κ3) is 5.44. The first-order valence-corrected chi connectivity index (χ1v) is 12.1. The van der Waals surface area contributed by atoms with Gasteiger partial charge in [0.2, 0.25) is 5.69 Å². The number of alkyl halides is 2. The molecule has 39 heavy (non-hydrogen) atoms. The summed E-state index contributed by atoms with van der Waals surface area (Å²) in [6.45, 7) is -3.33. The Hall–Kier alpha value is -4.01. The molecular weight excluding hydrogens is 562 g/mol. The molecular formula is C23H18Cl2F3N9O2. The van der Waals surface area contributed by atoms with Gasteiger partial charge in [0.15, 0.2) is 17.2 Å². The van der Waals surface area contributed by atoms with Crippen molar-refractivity contribution < 1.29 is 22.6 Å². The summed E-state index contributed by atoms with van der Waals surface area (Å²) in [5.41, 5.74) is 1.87. The number of hydrogen-bond donors (Lipinski definition) is 0. The smallest absolute Gasteiger partial charge is 0.345 e. The Kier molecular flexibility index (Phi) is 7.50. The molecule has 202 valence electrons. The molecule has 5 aromatic rings. The van der Waals surface area contributed by atoms with Gasteiger partial charge in [-0.2, -0.15) is 18.6 Å². The van der Waals surface area contributed by atoms with E-state index in [2.05, 4.69) is 30.5 Å². The molecule has 1 atom stereocenters. The Bertz CT molecular complexity index is 1620. The first-order chi connectivity index (χ1) is 18.7. The van der Waals surface area contributed by atoms with E-state index >= 15 is 4.39 Å². The highest BCUT2D eigenvalue weighted by Crippen LogP contribution is 2.34. The lowest BCUT2D eigenvalue weighted by Crippen LogP contribution is -2.36. The average Bonchev–Trinajstić information content (AvgIpc) is 3.65. The van der Waals surface area contributed by atoms with Crippen molar-refractivity contribution >= 4 is 23.2 Å². The Morgan fingerprint density at radius 1 is 1.08 bits per heavy atom. The monoisotopic (exact) mass is 579 g/mol. The zero-order valence-electron chi connectivity index (χ0n) is 20.0. The van der Waals surface area contributed by atoms with E-state index in [0.717, 1.165) is 6.20 Å². The molecule has 0 unspecified atom stereocenters. The fourth-order valence-corrected chi connectivity index (χ4v) is 4.43. The van der Waals surface area contributed by atoms with E-state index in [-0.39, 0.29) is 45.7 Å². The summed E-state index contributed by atoms with van der Waals surface area (Å²) in [5, 5.41) is 32.9. The van der Waals surface area contributed by atoms with Crippen LogP contribution < -0.4 is 4.73 Å². The minimum atomic E-state index is -2.98. The van der Waals surface area contributed by atoms with Crippen LogP contribution in [-0.4, -0.2) is 53.0 Å². The molecule has 0 aliphatic rings. The van der Waals surface area contributed by atoms with E-state index in [1.165, 1.54) is 50.7 Å². The second kappa shape index (κ2) is 11.0. The normalized spacial score (nSPS) is 12.4. The SMILES string of the molecule is Cn1nncc1-c1cnn([C@@H](CCOC(F)F)c2ccc(-c3c(-n4cc(Cl)nn4)ccc(Cl)c3F)c[n+]2[O-])c1. The molecule has 0 aliphatic heterocycles. The summed E-state index contributed by atoms with van der Waals surface area (Å²) in [4.78, 5) is 0. The summed E-state index contributed by atoms with van der Waals surface area (Å²) in [7, 11) is 1.70. The fourth-order valence-electron chi connectivity index (χ4n) is 4.14. The minimum Gasteiger partial charge on any atom is -0.618 e. The van der Waals surface area contributed by atoms with Crippen LogP contribution in [0.4, 0.5) is 13.2 Å². The highest BCUT2D eigenvalue weighted by atomic mass is 35.5. The van der Waals surface area contributed by atoms with Gasteiger partial charge in [0.05, 0.1) is 52.7 Å². The molecule has 0 N–H and O–H groups in total. The summed E-state index contributed by atoms with van der Waals surface area (Å²) in [6.07, 6.45) is 7.24. The van der Waals surface area contributed by atoms with E-state index in [9.17, 15) is 14.0 Å². The van der Waals surface area contributed by atoms with Gasteiger partial charge in [-0.15, -0.1) is 10.2 Å². The van der Waals surface area contributed by atoms with E-state index in [1.54, 1.807) is 19.4 Å². The van der Waals surface area contributed by atoms with Crippen molar-refractivity contribution in [2.45, 2.75) is 19.1 Å². The summed E-state index contributed by atoms with van der Waals surface area (Å²) >= 11 is 11.9. The first-order valence-electron chi connectivity index (χ1n) is 11.3. The van der Waals surface area contributed by atoms with Crippen LogP contribution in [-0.2, 0) is 11.8 Å². The van der Waals surface area contributed by atoms with Gasteiger partial charge in [-0.05, 0) is 18.2 Å². The molecule has 4 aromatic heterocycles. The van der Waals surface area contributed by atoms with E-state index < -0.39 is 18.5 Å². The van der Waals surface area contributed by atoms with Crippen LogP contribution in [0.3, 0.4) is 0 Å². The lowest BCUT2D eigenvalue weighted by Gasteiger charge is -2.18. The largest absolute Gasteiger partial charge is 0.618 e. The van der Waals surface area contributed by atoms with Gasteiger partial charge < -0.3 is 9.94 Å². The van der Waals surface area contributed by atoms with Crippen LogP contribution in [0.2, 0.25) is 10.2 Å². The fraction of sp³-hybridized carbons (Fsp3) is 0.217. The Labute approximate surface area is 228 Å². The molecule has 5 rings (SSSR count). The van der Waals surface area contributed by atoms with Crippen LogP contribution in [0.25, 0.3) is 28.1 Å². The molecule has 4 heterocycles. The second-order valence-electron chi connectivity index (χ2n) is 8.30. The molecule has 1 aromatic carbocycles. The van der Waals surface area contributed by atoms with Crippen molar-refractivity contribution in [3.63, 3.8) is 0 Å². The summed E-state index contributed by atoms with van der Waals surface area (Å²) < 4.78 is 49.9. The maximum Gasteiger partial charge on any atom is 0.345 e. The van der Waals surface area contributed by atoms with Gasteiger partial charge >= 0.3 is 6.61 Å². The third-order valence-electron chi connectivity index (χ3n) is 5.93. The summed E-state index contributed by atoms with van der Waals surface area (Å²) in [5.74, 6) is -0.781. The molecule has 11 nitrogen and oxygen atoms in total. The predicted octanol–water partition coefficient (Wildman–Crippen LogP) is 4.22. The van der Waals surface area contributed by atoms with Crippen LogP contribution >= 0.6 is 23.2 Å². The molecule has 0 aliphatic carbocycles. The molecule has 16 heteroatoms. The number of nitrogens with zero attached hydrogens (tertiary/aromatic N) is 9. The van der Waals surface area contributed by atoms with Gasteiger partial charge in [-0.1, -0.05) is 33.6 Å². The van der Waals surface area contributed by atoms with Crippen LogP contribution in [0.15, 0.2) is 55.2 Å². The molecule has 0 fully saturated rings. The minimum absolute atomic E-state index is 0.00901. The summed E-state index contributed by atoms with van der Waals surface area (Å²) in [6, 6.07) is 5.02. The number of ether oxygens (including phenoxy) is 1. The molecule has 0 amide bonds. The topological polar surface area (TPSA) is 115 Å². The van der Waals surface area contributed by atoms with Crippen LogP contribution in [0, 0.1) is 11.0 Å². The highest BCUT2D eigenvalue weighted by Gasteiger charge is 2.26. The molecule has 0 radical (unpaired) electrons. The number of rotatable bonds is 9. The molecule has 0 saturated heterocycles. The second-order valence-corrected chi connectivity index (χ2v) is 9.09. The van der Waals surface area contributed by atoms with Gasteiger partial charge in [0, 0.05) is 31.3 Å². The van der Waals surface area contributed by atoms with E-state index in [1.807, 2.05) is 0 Å². The Morgan fingerprint density at radius 2 is 1.90 bits per heavy atom. The van der Waals surface area contributed by atoms with Crippen LogP contribution in [0.5, 0.6) is 0 Å². The van der Waals surface area contributed by atoms with Crippen molar-refractivity contribution in [2.75, 3.05) is 6.61 Å². The standard InChI is InChI=1S/C23H18Cl2F3N9O2/c1-34-19(9-29-32-34)14-8-30-35(10-14)16(6-7-39-23(27)28)17-4-2-13(11-37(17)38)21-18(5-3-15(24)22(21)26)36-12-20(25)31-33-36/h2-5,8-12,16,23H,6-7H2,1H3/t16-/m0/s1. The number of halogens is 5. The quantitative estimate of drug-likeness (QED) is 0.189. The number of aryl methyl sites for hydroxylation is 1. The number of hydrogen-bond acceptors (Lipinski definition) is 7. The van der Waals surface area contributed by atoms with Crippen molar-refractivity contribution in [2.24, 2.45) is 7.05 Å². The predicted molar refractivity (Wildman–Crippen MR) is 133 cm³/mol. The maximum absolute atomic E-state index is 15.3. The van der Waals surface area contributed by atoms with E-state index in [4.69, 9.17) is 23.2 Å². The average molecular weight is 580 g/mol. The maximum atomic E-state index is 15.3. The van der Waals surface area contributed by atoms with Gasteiger partial charge in [0.25, 0.3) is 0 Å². The third-order valence-corrected chi connectivity index (χ3v) is 6.39. The Morgan fingerprint density at radius 3 is 2.56 bits per heavy atom. The zero-order chi connectivity index (χ0) is 27.7. The molecule has 0 spiro atoms. The zero-order valence-corrected chi connectivity index (χ0v) is 21.5. The first kappa shape index (κ1) is 26.6. The molecule has 0 bridgehead atoms. The lowest BCUT2D eigenvalue weighted by atomic mass is 10.0. The van der Waals surface area contributed by atoms with Crippen molar-refractivity contribution in [1.29, 1.82) is 0 Å². The van der Waals surface area contributed by atoms with Crippen molar-refractivity contribution in [3.05, 3.63) is 82.1 Å². The number of aromatic nitrogens is 9. The van der Waals surface area contributed by atoms with E-state index in [0.29, 0.717) is 16.0 Å². The number of pyridine rings is 1. The molecule has 0 saturated carbocycles. The van der Waals surface area contributed by atoms with Gasteiger partial charge in [-0.3, -0.25) is 4.68 Å². The van der Waals surface area contributed by atoms with Crippen molar-refractivity contribution in [3.8, 4) is 28.1 Å². The number of benzene rings is 1. The lowest BCUT2D eigenvalue weighted by molar-refractivity contribution is -0.615. The van der Waals surface area contributed by atoms with Gasteiger partial charge in [-0.25, -0.2) is 13.8 Å². The highest BCUT2D eigenvalue weighted by molar-refractivity contribution is 6.31. The van der Waals surface area contributed by atoms with Crippen molar-refractivity contribution in [1.82, 2.24) is 39.8 Å². The Balaban J connectivity index is 1.55. The van der Waals surface area contributed by atoms with Crippen LogP contribution in [0.1, 0.15) is 18.2 Å².